The summed E-state index contributed by atoms with van der Waals surface area (Å²) in [7, 11) is 0. The Balaban J connectivity index is 2.41. The van der Waals surface area contributed by atoms with Gasteiger partial charge in [-0.05, 0) is 32.3 Å². The number of nitrogens with zero attached hydrogens (tertiary/aromatic N) is 1. The SMILES string of the molecule is Cc1cc2sc(C(=O)NC(C)C(C)(C)C)c(N)c2c(C)n1. The first-order valence-electron chi connectivity index (χ1n) is 7.08. The number of nitrogens with one attached hydrogen (secondary N) is 1. The van der Waals surface area contributed by atoms with Crippen LogP contribution in [0, 0.1) is 19.3 Å². The molecule has 0 bridgehead atoms. The zero-order chi connectivity index (χ0) is 15.9. The number of hydrogen-bond donors (Lipinski definition) is 2. The summed E-state index contributed by atoms with van der Waals surface area (Å²) in [6.07, 6.45) is 0. The summed E-state index contributed by atoms with van der Waals surface area (Å²) in [5.41, 5.74) is 8.55. The van der Waals surface area contributed by atoms with E-state index in [2.05, 4.69) is 31.1 Å². The van der Waals surface area contributed by atoms with Crippen LogP contribution in [0.4, 0.5) is 5.69 Å². The van der Waals surface area contributed by atoms with E-state index in [1.807, 2.05) is 26.8 Å². The van der Waals surface area contributed by atoms with Gasteiger partial charge in [-0.15, -0.1) is 11.3 Å². The Morgan fingerprint density at radius 3 is 2.57 bits per heavy atom. The highest BCUT2D eigenvalue weighted by Crippen LogP contribution is 2.35. The molecule has 2 heterocycles. The molecule has 2 rings (SSSR count). The van der Waals surface area contributed by atoms with Crippen LogP contribution >= 0.6 is 11.3 Å². The first-order valence-corrected chi connectivity index (χ1v) is 7.90. The van der Waals surface area contributed by atoms with Crippen LogP contribution in [0.2, 0.25) is 0 Å². The van der Waals surface area contributed by atoms with Gasteiger partial charge in [0.05, 0.1) is 5.69 Å². The molecule has 0 aromatic carbocycles. The number of fused-ring (bicyclic) bond motifs is 1. The Kier molecular flexibility index (Phi) is 3.97. The van der Waals surface area contributed by atoms with Gasteiger partial charge < -0.3 is 11.1 Å². The Hall–Kier alpha value is -1.62. The number of aryl methyl sites for hydroxylation is 2. The van der Waals surface area contributed by atoms with Crippen molar-refractivity contribution in [2.24, 2.45) is 5.41 Å². The summed E-state index contributed by atoms with van der Waals surface area (Å²) in [4.78, 5) is 17.5. The summed E-state index contributed by atoms with van der Waals surface area (Å²) in [5, 5.41) is 3.95. The van der Waals surface area contributed by atoms with E-state index in [1.165, 1.54) is 11.3 Å². The lowest BCUT2D eigenvalue weighted by atomic mass is 9.88. The summed E-state index contributed by atoms with van der Waals surface area (Å²) in [5.74, 6) is -0.104. The molecule has 3 N–H and O–H groups in total. The first-order chi connectivity index (χ1) is 9.61. The van der Waals surface area contributed by atoms with Crippen molar-refractivity contribution >= 4 is 33.0 Å². The molecule has 0 spiro atoms. The average Bonchev–Trinajstić information content (AvgIpc) is 2.65. The van der Waals surface area contributed by atoms with Crippen molar-refractivity contribution in [1.82, 2.24) is 10.3 Å². The summed E-state index contributed by atoms with van der Waals surface area (Å²) >= 11 is 1.44. The summed E-state index contributed by atoms with van der Waals surface area (Å²) in [6.45, 7) is 12.2. The molecule has 5 heteroatoms. The van der Waals surface area contributed by atoms with Crippen LogP contribution in [0.1, 0.15) is 48.8 Å². The summed E-state index contributed by atoms with van der Waals surface area (Å²) < 4.78 is 1.02. The molecule has 1 atom stereocenters. The topological polar surface area (TPSA) is 68.0 Å². The maximum atomic E-state index is 12.5. The molecule has 0 saturated heterocycles. The van der Waals surface area contributed by atoms with Gasteiger partial charge in [0.2, 0.25) is 0 Å². The number of aromatic nitrogens is 1. The number of anilines is 1. The lowest BCUT2D eigenvalue weighted by Gasteiger charge is -2.27. The van der Waals surface area contributed by atoms with E-state index in [1.54, 1.807) is 0 Å². The molecule has 21 heavy (non-hydrogen) atoms. The van der Waals surface area contributed by atoms with Gasteiger partial charge in [-0.25, -0.2) is 0 Å². The minimum atomic E-state index is -0.104. The smallest absolute Gasteiger partial charge is 0.263 e. The highest BCUT2D eigenvalue weighted by molar-refractivity contribution is 7.21. The van der Waals surface area contributed by atoms with Gasteiger partial charge in [0, 0.05) is 27.5 Å². The molecule has 2 aromatic heterocycles. The number of rotatable bonds is 2. The molecule has 0 aliphatic heterocycles. The minimum Gasteiger partial charge on any atom is -0.397 e. The van der Waals surface area contributed by atoms with Crippen LogP contribution in [-0.4, -0.2) is 16.9 Å². The fraction of sp³-hybridized carbons (Fsp3) is 0.500. The Morgan fingerprint density at radius 1 is 1.38 bits per heavy atom. The van der Waals surface area contributed by atoms with E-state index in [9.17, 15) is 4.79 Å². The fourth-order valence-electron chi connectivity index (χ4n) is 2.13. The van der Waals surface area contributed by atoms with Crippen molar-refractivity contribution in [1.29, 1.82) is 0 Å². The quantitative estimate of drug-likeness (QED) is 0.889. The first kappa shape index (κ1) is 15.8. The van der Waals surface area contributed by atoms with Crippen LogP contribution in [0.3, 0.4) is 0 Å². The number of thiophene rings is 1. The normalized spacial score (nSPS) is 13.4. The van der Waals surface area contributed by atoms with E-state index >= 15 is 0 Å². The Bertz CT molecular complexity index is 698. The Labute approximate surface area is 129 Å². The largest absolute Gasteiger partial charge is 0.397 e. The molecule has 0 fully saturated rings. The van der Waals surface area contributed by atoms with Crippen LogP contribution < -0.4 is 11.1 Å². The second-order valence-electron chi connectivity index (χ2n) is 6.63. The van der Waals surface area contributed by atoms with Gasteiger partial charge in [0.1, 0.15) is 4.88 Å². The van der Waals surface area contributed by atoms with Crippen molar-refractivity contribution in [2.75, 3.05) is 5.73 Å². The van der Waals surface area contributed by atoms with E-state index in [4.69, 9.17) is 5.73 Å². The molecular weight excluding hydrogens is 282 g/mol. The van der Waals surface area contributed by atoms with E-state index < -0.39 is 0 Å². The number of nitrogen functional groups attached to an aromatic ring is 1. The number of carbonyl (C=O) groups excluding carboxylic acids is 1. The molecule has 4 nitrogen and oxygen atoms in total. The monoisotopic (exact) mass is 305 g/mol. The molecule has 0 aliphatic carbocycles. The molecular formula is C16H23N3OS. The maximum absolute atomic E-state index is 12.5. The van der Waals surface area contributed by atoms with Crippen molar-refractivity contribution in [3.63, 3.8) is 0 Å². The van der Waals surface area contributed by atoms with Crippen molar-refractivity contribution in [2.45, 2.75) is 47.6 Å². The van der Waals surface area contributed by atoms with Gasteiger partial charge >= 0.3 is 0 Å². The minimum absolute atomic E-state index is 0.00909. The zero-order valence-electron chi connectivity index (χ0n) is 13.5. The van der Waals surface area contributed by atoms with Crippen LogP contribution in [0.25, 0.3) is 10.1 Å². The number of nitrogens with two attached hydrogens (primary N) is 1. The van der Waals surface area contributed by atoms with Gasteiger partial charge in [-0.2, -0.15) is 0 Å². The number of carbonyl (C=O) groups is 1. The third-order valence-electron chi connectivity index (χ3n) is 3.87. The third kappa shape index (κ3) is 3.02. The van der Waals surface area contributed by atoms with Crippen molar-refractivity contribution in [3.05, 3.63) is 22.3 Å². The molecule has 114 valence electrons. The second kappa shape index (κ2) is 5.30. The molecule has 1 unspecified atom stereocenters. The van der Waals surface area contributed by atoms with E-state index in [-0.39, 0.29) is 17.4 Å². The standard InChI is InChI=1S/C16H23N3OS/c1-8-7-11-12(9(2)18-8)13(17)14(21-11)15(20)19-10(3)16(4,5)6/h7,10H,17H2,1-6H3,(H,19,20). The van der Waals surface area contributed by atoms with Crippen LogP contribution in [-0.2, 0) is 0 Å². The maximum Gasteiger partial charge on any atom is 0.263 e. The summed E-state index contributed by atoms with van der Waals surface area (Å²) in [6, 6.07) is 2.04. The van der Waals surface area contributed by atoms with Gasteiger partial charge in [-0.3, -0.25) is 9.78 Å². The van der Waals surface area contributed by atoms with Crippen molar-refractivity contribution < 1.29 is 4.79 Å². The van der Waals surface area contributed by atoms with Gasteiger partial charge in [-0.1, -0.05) is 20.8 Å². The van der Waals surface area contributed by atoms with Crippen molar-refractivity contribution in [3.8, 4) is 0 Å². The predicted molar refractivity (Wildman–Crippen MR) is 89.9 cm³/mol. The third-order valence-corrected chi connectivity index (χ3v) is 5.02. The fourth-order valence-corrected chi connectivity index (χ4v) is 3.30. The highest BCUT2D eigenvalue weighted by Gasteiger charge is 2.25. The molecule has 0 saturated carbocycles. The van der Waals surface area contributed by atoms with E-state index in [0.29, 0.717) is 10.6 Å². The number of amides is 1. The lowest BCUT2D eigenvalue weighted by molar-refractivity contribution is 0.0915. The van der Waals surface area contributed by atoms with E-state index in [0.717, 1.165) is 21.5 Å². The second-order valence-corrected chi connectivity index (χ2v) is 7.68. The Morgan fingerprint density at radius 2 is 2.00 bits per heavy atom. The number of hydrogen-bond acceptors (Lipinski definition) is 4. The van der Waals surface area contributed by atoms with Crippen LogP contribution in [0.15, 0.2) is 6.07 Å². The average molecular weight is 305 g/mol. The molecule has 1 amide bonds. The predicted octanol–water partition coefficient (Wildman–Crippen LogP) is 3.66. The van der Waals surface area contributed by atoms with Gasteiger partial charge in [0.25, 0.3) is 5.91 Å². The highest BCUT2D eigenvalue weighted by atomic mass is 32.1. The number of pyridine rings is 1. The van der Waals surface area contributed by atoms with Gasteiger partial charge in [0.15, 0.2) is 0 Å². The molecule has 2 aromatic rings. The lowest BCUT2D eigenvalue weighted by Crippen LogP contribution is -2.41. The zero-order valence-corrected chi connectivity index (χ0v) is 14.3. The van der Waals surface area contributed by atoms with Crippen LogP contribution in [0.5, 0.6) is 0 Å². The molecule has 0 radical (unpaired) electrons. The molecule has 0 aliphatic rings.